The van der Waals surface area contributed by atoms with E-state index in [1.54, 1.807) is 25.1 Å². The van der Waals surface area contributed by atoms with Crippen molar-refractivity contribution in [3.8, 4) is 22.9 Å². The van der Waals surface area contributed by atoms with Gasteiger partial charge in [-0.3, -0.25) is 4.79 Å². The normalized spacial score (nSPS) is 15.1. The van der Waals surface area contributed by atoms with Crippen LogP contribution in [0.4, 0.5) is 5.69 Å². The summed E-state index contributed by atoms with van der Waals surface area (Å²) in [7, 11) is -0.785. The zero-order chi connectivity index (χ0) is 24.3. The summed E-state index contributed by atoms with van der Waals surface area (Å²) in [5.41, 5.74) is 1.23. The van der Waals surface area contributed by atoms with E-state index in [2.05, 4.69) is 15.5 Å². The summed E-state index contributed by atoms with van der Waals surface area (Å²) in [5, 5.41) is 6.87. The minimum atomic E-state index is -3.73. The molecule has 1 aliphatic heterocycles. The molecule has 1 saturated heterocycles. The van der Waals surface area contributed by atoms with Gasteiger partial charge in [0, 0.05) is 37.6 Å². The van der Waals surface area contributed by atoms with Crippen molar-refractivity contribution in [2.45, 2.75) is 24.7 Å². The second kappa shape index (κ2) is 9.82. The number of methoxy groups -OCH3 is 2. The molecule has 3 aromatic rings. The third-order valence-electron chi connectivity index (χ3n) is 5.77. The Morgan fingerprint density at radius 2 is 1.79 bits per heavy atom. The minimum Gasteiger partial charge on any atom is -0.493 e. The maximum Gasteiger partial charge on any atom is 0.243 e. The predicted octanol–water partition coefficient (Wildman–Crippen LogP) is 3.10. The monoisotopic (exact) mass is 486 g/mol. The number of hydrogen-bond acceptors (Lipinski definition) is 8. The summed E-state index contributed by atoms with van der Waals surface area (Å²) in [6, 6.07) is 11.7. The predicted molar refractivity (Wildman–Crippen MR) is 124 cm³/mol. The van der Waals surface area contributed by atoms with Gasteiger partial charge in [0.2, 0.25) is 27.6 Å². The molecule has 1 aliphatic rings. The van der Waals surface area contributed by atoms with E-state index in [0.29, 0.717) is 47.3 Å². The van der Waals surface area contributed by atoms with Crippen molar-refractivity contribution in [3.63, 3.8) is 0 Å². The summed E-state index contributed by atoms with van der Waals surface area (Å²) >= 11 is 0. The highest BCUT2D eigenvalue weighted by Gasteiger charge is 2.33. The Morgan fingerprint density at radius 3 is 2.44 bits per heavy atom. The largest absolute Gasteiger partial charge is 0.493 e. The molecule has 1 aromatic heterocycles. The number of piperidine rings is 1. The Kier molecular flexibility index (Phi) is 6.85. The van der Waals surface area contributed by atoms with Crippen molar-refractivity contribution in [1.82, 2.24) is 14.4 Å². The van der Waals surface area contributed by atoms with Gasteiger partial charge in [-0.15, -0.1) is 0 Å². The van der Waals surface area contributed by atoms with Crippen LogP contribution < -0.4 is 14.8 Å². The molecule has 4 rings (SSSR count). The van der Waals surface area contributed by atoms with E-state index >= 15 is 0 Å². The molecule has 0 unspecified atom stereocenters. The van der Waals surface area contributed by atoms with Crippen LogP contribution in [0.5, 0.6) is 11.5 Å². The lowest BCUT2D eigenvalue weighted by atomic mass is 9.97. The highest BCUT2D eigenvalue weighted by molar-refractivity contribution is 7.89. The van der Waals surface area contributed by atoms with Crippen LogP contribution in [0.1, 0.15) is 18.7 Å². The zero-order valence-corrected chi connectivity index (χ0v) is 20.0. The summed E-state index contributed by atoms with van der Waals surface area (Å²) < 4.78 is 43.1. The first-order chi connectivity index (χ1) is 16.3. The van der Waals surface area contributed by atoms with Crippen LogP contribution in [0, 0.1) is 12.8 Å². The number of aromatic nitrogens is 2. The smallest absolute Gasteiger partial charge is 0.243 e. The number of anilines is 1. The molecule has 2 aromatic carbocycles. The van der Waals surface area contributed by atoms with Crippen molar-refractivity contribution >= 4 is 21.6 Å². The molecule has 1 N–H and O–H groups in total. The Morgan fingerprint density at radius 1 is 1.09 bits per heavy atom. The number of amides is 1. The quantitative estimate of drug-likeness (QED) is 0.540. The summed E-state index contributed by atoms with van der Waals surface area (Å²) in [5.74, 6) is 1.12. The van der Waals surface area contributed by atoms with Crippen molar-refractivity contribution in [3.05, 3.63) is 48.4 Å². The molecule has 34 heavy (non-hydrogen) atoms. The maximum absolute atomic E-state index is 13.1. The Labute approximate surface area is 197 Å². The zero-order valence-electron chi connectivity index (χ0n) is 19.1. The molecule has 0 radical (unpaired) electrons. The average molecular weight is 487 g/mol. The molecule has 0 bridgehead atoms. The highest BCUT2D eigenvalue weighted by Crippen LogP contribution is 2.32. The third-order valence-corrected chi connectivity index (χ3v) is 7.67. The Balaban J connectivity index is 1.43. The van der Waals surface area contributed by atoms with Crippen LogP contribution in [0.15, 0.2) is 51.9 Å². The minimum absolute atomic E-state index is 0.123. The van der Waals surface area contributed by atoms with Crippen LogP contribution in [0.25, 0.3) is 11.4 Å². The molecule has 2 heterocycles. The van der Waals surface area contributed by atoms with Crippen molar-refractivity contribution in [1.29, 1.82) is 0 Å². The number of hydrogen-bond donors (Lipinski definition) is 1. The number of rotatable bonds is 7. The fraction of sp³-hybridized carbons (Fsp3) is 0.348. The highest BCUT2D eigenvalue weighted by atomic mass is 32.2. The van der Waals surface area contributed by atoms with Gasteiger partial charge in [-0.2, -0.15) is 9.29 Å². The molecule has 11 heteroatoms. The second-order valence-corrected chi connectivity index (χ2v) is 9.80. The number of carbonyl (C=O) groups is 1. The number of para-hydroxylation sites is 1. The topological polar surface area (TPSA) is 124 Å². The number of nitrogens with zero attached hydrogens (tertiary/aromatic N) is 3. The lowest BCUT2D eigenvalue weighted by Gasteiger charge is -2.30. The van der Waals surface area contributed by atoms with Crippen LogP contribution in [-0.4, -0.2) is 56.1 Å². The van der Waals surface area contributed by atoms with Crippen molar-refractivity contribution in [2.24, 2.45) is 5.92 Å². The number of carbonyl (C=O) groups excluding carboxylic acids is 1. The van der Waals surface area contributed by atoms with Crippen LogP contribution in [-0.2, 0) is 14.8 Å². The molecule has 180 valence electrons. The van der Waals surface area contributed by atoms with Crippen LogP contribution in [0.2, 0.25) is 0 Å². The lowest BCUT2D eigenvalue weighted by Crippen LogP contribution is -2.41. The number of nitrogens with one attached hydrogen (secondary N) is 1. The summed E-state index contributed by atoms with van der Waals surface area (Å²) in [6.07, 6.45) is 0.809. The van der Waals surface area contributed by atoms with Gasteiger partial charge in [0.05, 0.1) is 24.8 Å². The lowest BCUT2D eigenvalue weighted by molar-refractivity contribution is -0.120. The number of benzene rings is 2. The molecule has 0 saturated carbocycles. The van der Waals surface area contributed by atoms with Gasteiger partial charge < -0.3 is 19.3 Å². The Hall–Kier alpha value is -3.44. The second-order valence-electron chi connectivity index (χ2n) is 7.87. The Bertz CT molecular complexity index is 1280. The van der Waals surface area contributed by atoms with E-state index in [1.807, 2.05) is 12.1 Å². The standard InChI is InChI=1S/C23H26N4O6S/c1-15-24-22(26-33-15)18-6-4-5-7-19(18)25-23(28)16-10-12-27(13-11-16)34(29,30)17-8-9-20(31-2)21(14-17)32-3/h4-9,14,16H,10-13H2,1-3H3,(H,25,28). The van der Waals surface area contributed by atoms with Crippen molar-refractivity contribution in [2.75, 3.05) is 32.6 Å². The van der Waals surface area contributed by atoms with Crippen LogP contribution >= 0.6 is 0 Å². The average Bonchev–Trinajstić information content (AvgIpc) is 3.29. The molecular weight excluding hydrogens is 460 g/mol. The van der Waals surface area contributed by atoms with Crippen LogP contribution in [0.3, 0.4) is 0 Å². The van der Waals surface area contributed by atoms with Gasteiger partial charge in [-0.1, -0.05) is 17.3 Å². The SMILES string of the molecule is COc1ccc(S(=O)(=O)N2CCC(C(=O)Nc3ccccc3-c3noc(C)n3)CC2)cc1OC. The molecule has 10 nitrogen and oxygen atoms in total. The van der Waals surface area contributed by atoms with Crippen molar-refractivity contribution < 1.29 is 27.2 Å². The van der Waals surface area contributed by atoms with Gasteiger partial charge in [0.1, 0.15) is 0 Å². The number of sulfonamides is 1. The number of aryl methyl sites for hydroxylation is 1. The van der Waals surface area contributed by atoms with Gasteiger partial charge in [0.25, 0.3) is 0 Å². The van der Waals surface area contributed by atoms with Gasteiger partial charge >= 0.3 is 0 Å². The van der Waals surface area contributed by atoms with E-state index in [9.17, 15) is 13.2 Å². The van der Waals surface area contributed by atoms with Gasteiger partial charge in [-0.25, -0.2) is 8.42 Å². The van der Waals surface area contributed by atoms with E-state index in [0.717, 1.165) is 0 Å². The van der Waals surface area contributed by atoms with Gasteiger partial charge in [0.15, 0.2) is 11.5 Å². The fourth-order valence-electron chi connectivity index (χ4n) is 3.91. The molecule has 0 aliphatic carbocycles. The van der Waals surface area contributed by atoms with E-state index in [4.69, 9.17) is 14.0 Å². The first kappa shape index (κ1) is 23.7. The van der Waals surface area contributed by atoms with Gasteiger partial charge in [-0.05, 0) is 37.1 Å². The molecule has 0 spiro atoms. The summed E-state index contributed by atoms with van der Waals surface area (Å²) in [6.45, 7) is 2.17. The van der Waals surface area contributed by atoms with E-state index < -0.39 is 10.0 Å². The maximum atomic E-state index is 13.1. The molecule has 1 fully saturated rings. The third kappa shape index (κ3) is 4.75. The molecule has 0 atom stereocenters. The first-order valence-electron chi connectivity index (χ1n) is 10.8. The fourth-order valence-corrected chi connectivity index (χ4v) is 5.40. The van der Waals surface area contributed by atoms with E-state index in [1.165, 1.54) is 30.7 Å². The van der Waals surface area contributed by atoms with E-state index in [-0.39, 0.29) is 29.8 Å². The first-order valence-corrected chi connectivity index (χ1v) is 12.2. The molecular formula is C23H26N4O6S. The molecule has 1 amide bonds. The summed E-state index contributed by atoms with van der Waals surface area (Å²) in [4.78, 5) is 17.3. The number of ether oxygens (including phenoxy) is 2.